The number of hydrogen-bond acceptors (Lipinski definition) is 7. The third-order valence-electron chi connectivity index (χ3n) is 8.35. The monoisotopic (exact) mass is 730 g/mol. The summed E-state index contributed by atoms with van der Waals surface area (Å²) in [6.07, 6.45) is -9.75. The second kappa shape index (κ2) is 18.5. The fourth-order valence-corrected chi connectivity index (χ4v) is 5.59. The zero-order chi connectivity index (χ0) is 37.9. The molecule has 1 aliphatic rings. The first kappa shape index (κ1) is 42.5. The summed E-state index contributed by atoms with van der Waals surface area (Å²) in [4.78, 5) is 25.4. The van der Waals surface area contributed by atoms with Crippen molar-refractivity contribution in [2.75, 3.05) is 32.1 Å². The van der Waals surface area contributed by atoms with E-state index in [9.17, 15) is 49.1 Å². The van der Waals surface area contributed by atoms with E-state index in [2.05, 4.69) is 4.74 Å². The molecule has 0 radical (unpaired) electrons. The highest BCUT2D eigenvalue weighted by Gasteiger charge is 2.39. The molecule has 16 heteroatoms. The number of hydrogen-bond donors (Lipinski definition) is 0. The highest BCUT2D eigenvalue weighted by molar-refractivity contribution is 5.69. The second-order valence-electron chi connectivity index (χ2n) is 12.0. The Morgan fingerprint density at radius 3 is 1.96 bits per heavy atom. The van der Waals surface area contributed by atoms with Crippen LogP contribution in [0, 0.1) is 5.92 Å². The lowest BCUT2D eigenvalue weighted by Gasteiger charge is -2.33. The molecule has 2 aromatic rings. The Hall–Kier alpha value is -3.69. The average molecular weight is 731 g/mol. The molecule has 2 unspecified atom stereocenters. The van der Waals surface area contributed by atoms with Crippen molar-refractivity contribution in [1.82, 2.24) is 4.90 Å². The van der Waals surface area contributed by atoms with Crippen LogP contribution in [0.15, 0.2) is 36.4 Å². The minimum absolute atomic E-state index is 0.00981. The summed E-state index contributed by atoms with van der Waals surface area (Å²) in [5.74, 6) is 0.0809. The Bertz CT molecular complexity index is 1340. The van der Waals surface area contributed by atoms with Gasteiger partial charge in [-0.2, -0.15) is 26.3 Å². The van der Waals surface area contributed by atoms with Gasteiger partial charge in [-0.05, 0) is 94.1 Å². The van der Waals surface area contributed by atoms with Gasteiger partial charge in [-0.15, -0.1) is 13.2 Å². The third-order valence-corrected chi connectivity index (χ3v) is 8.35. The van der Waals surface area contributed by atoms with Crippen molar-refractivity contribution in [3.05, 3.63) is 58.7 Å². The van der Waals surface area contributed by atoms with Crippen LogP contribution in [-0.4, -0.2) is 57.0 Å². The molecule has 0 aromatic heterocycles. The summed E-state index contributed by atoms with van der Waals surface area (Å²) in [7, 11) is 3.10. The van der Waals surface area contributed by atoms with Gasteiger partial charge in [0.25, 0.3) is 6.47 Å². The van der Waals surface area contributed by atoms with Crippen LogP contribution in [0.1, 0.15) is 87.7 Å². The third kappa shape index (κ3) is 13.6. The van der Waals surface area contributed by atoms with Gasteiger partial charge in [0.05, 0.1) is 17.7 Å². The van der Waals surface area contributed by atoms with E-state index in [1.807, 2.05) is 6.92 Å². The maximum absolute atomic E-state index is 13.4. The number of halogens is 9. The van der Waals surface area contributed by atoms with E-state index in [1.165, 1.54) is 57.0 Å². The molecule has 0 bridgehead atoms. The van der Waals surface area contributed by atoms with Gasteiger partial charge in [-0.3, -0.25) is 14.5 Å². The predicted molar refractivity (Wildman–Crippen MR) is 167 cm³/mol. The number of nitrogens with zero attached hydrogens (tertiary/aromatic N) is 2. The van der Waals surface area contributed by atoms with E-state index >= 15 is 0 Å². The lowest BCUT2D eigenvalue weighted by atomic mass is 9.87. The molecule has 0 amide bonds. The molecule has 0 N–H and O–H groups in total. The van der Waals surface area contributed by atoms with Gasteiger partial charge in [0, 0.05) is 38.3 Å². The summed E-state index contributed by atoms with van der Waals surface area (Å²) in [6, 6.07) is 3.48. The van der Waals surface area contributed by atoms with Crippen LogP contribution in [-0.2, 0) is 38.0 Å². The highest BCUT2D eigenvalue weighted by Crippen LogP contribution is 2.39. The van der Waals surface area contributed by atoms with Crippen LogP contribution >= 0.6 is 0 Å². The number of likely N-dealkylation sites (N-methyl/N-ethyl adjacent to an activating group) is 1. The topological polar surface area (TPSA) is 68.3 Å². The molecular weight excluding hydrogens is 687 g/mol. The van der Waals surface area contributed by atoms with Gasteiger partial charge >= 0.3 is 24.7 Å². The molecule has 1 aliphatic carbocycles. The molecule has 2 atom stereocenters. The van der Waals surface area contributed by atoms with Crippen LogP contribution in [0.5, 0.6) is 5.75 Å². The van der Waals surface area contributed by atoms with Crippen LogP contribution < -0.4 is 9.64 Å². The smallest absolute Gasteiger partial charge is 0.466 e. The maximum Gasteiger partial charge on any atom is 0.573 e. The Kier molecular flexibility index (Phi) is 15.7. The summed E-state index contributed by atoms with van der Waals surface area (Å²) in [5.41, 5.74) is -2.90. The first-order chi connectivity index (χ1) is 23.2. The Labute approximate surface area is 285 Å². The highest BCUT2D eigenvalue weighted by atomic mass is 19.4. The van der Waals surface area contributed by atoms with Gasteiger partial charge in [0.1, 0.15) is 11.9 Å². The lowest BCUT2D eigenvalue weighted by molar-refractivity contribution is -0.274. The van der Waals surface area contributed by atoms with E-state index < -0.39 is 53.3 Å². The summed E-state index contributed by atoms with van der Waals surface area (Å²) >= 11 is 0. The molecule has 2 aromatic carbocycles. The number of anilines is 1. The number of ether oxygens (including phenoxy) is 3. The number of carbonyl (C=O) groups excluding carboxylic acids is 2. The molecule has 50 heavy (non-hydrogen) atoms. The largest absolute Gasteiger partial charge is 0.573 e. The van der Waals surface area contributed by atoms with Crippen LogP contribution in [0.4, 0.5) is 45.2 Å². The quantitative estimate of drug-likeness (QED) is 0.116. The first-order valence-electron chi connectivity index (χ1n) is 16.0. The molecule has 0 heterocycles. The standard InChI is InChI=1S/C24H25F9N2O3.C10H18O2/c1-5-34(3)20-7-6-19(38-24(31,32)33)10-16(20)12-35(4)14(2)21(37-13-36)15-8-17(22(25,26)27)11-18(9-15)23(28,29)30;1-2-12-10(11)8-9-6-4-3-5-7-9/h6-11,13-14,21H,5,12H2,1-4H3;9H,2-8H2,1H3. The zero-order valence-electron chi connectivity index (χ0n) is 28.5. The maximum atomic E-state index is 13.4. The number of benzene rings is 2. The van der Waals surface area contributed by atoms with Gasteiger partial charge < -0.3 is 19.1 Å². The minimum atomic E-state index is -5.12. The van der Waals surface area contributed by atoms with Crippen molar-refractivity contribution < 1.29 is 63.3 Å². The number of alkyl halides is 9. The van der Waals surface area contributed by atoms with Crippen molar-refractivity contribution in [2.45, 2.75) is 96.7 Å². The SMILES string of the molecule is CCN(C)c1ccc(OC(F)(F)F)cc1CN(C)C(C)C(OC=O)c1cc(C(F)(F)F)cc(C(F)(F)F)c1.CCOC(=O)CC1CCCCC1. The normalized spacial score (nSPS) is 15.4. The summed E-state index contributed by atoms with van der Waals surface area (Å²) in [6.45, 7) is 5.80. The fourth-order valence-electron chi connectivity index (χ4n) is 5.59. The van der Waals surface area contributed by atoms with Crippen LogP contribution in [0.25, 0.3) is 0 Å². The number of rotatable bonds is 13. The second-order valence-corrected chi connectivity index (χ2v) is 12.0. The van der Waals surface area contributed by atoms with Crippen molar-refractivity contribution in [1.29, 1.82) is 0 Å². The van der Waals surface area contributed by atoms with Crippen LogP contribution in [0.3, 0.4) is 0 Å². The molecule has 7 nitrogen and oxygen atoms in total. The summed E-state index contributed by atoms with van der Waals surface area (Å²) < 4.78 is 132. The molecular formula is C34H43F9N2O5. The van der Waals surface area contributed by atoms with Crippen molar-refractivity contribution >= 4 is 18.1 Å². The molecule has 282 valence electrons. The van der Waals surface area contributed by atoms with Gasteiger partial charge in [0.2, 0.25) is 0 Å². The van der Waals surface area contributed by atoms with E-state index in [0.29, 0.717) is 48.9 Å². The van der Waals surface area contributed by atoms with Crippen molar-refractivity contribution in [2.24, 2.45) is 5.92 Å². The predicted octanol–water partition coefficient (Wildman–Crippen LogP) is 9.33. The Morgan fingerprint density at radius 1 is 0.900 bits per heavy atom. The molecule has 3 rings (SSSR count). The van der Waals surface area contributed by atoms with E-state index in [0.717, 1.165) is 12.1 Å². The lowest BCUT2D eigenvalue weighted by Crippen LogP contribution is -2.36. The van der Waals surface area contributed by atoms with Crippen LogP contribution in [0.2, 0.25) is 0 Å². The van der Waals surface area contributed by atoms with Gasteiger partial charge in [0.15, 0.2) is 0 Å². The molecule has 0 saturated heterocycles. The van der Waals surface area contributed by atoms with E-state index in [4.69, 9.17) is 9.47 Å². The number of carbonyl (C=O) groups is 2. The van der Waals surface area contributed by atoms with Gasteiger partial charge in [-0.1, -0.05) is 19.3 Å². The zero-order valence-corrected chi connectivity index (χ0v) is 28.5. The average Bonchev–Trinajstić information content (AvgIpc) is 3.02. The first-order valence-corrected chi connectivity index (χ1v) is 16.0. The Balaban J connectivity index is 0.000000606. The fraction of sp³-hybridized carbons (Fsp3) is 0.588. The minimum Gasteiger partial charge on any atom is -0.466 e. The summed E-state index contributed by atoms with van der Waals surface area (Å²) in [5, 5.41) is 0. The van der Waals surface area contributed by atoms with Crippen molar-refractivity contribution in [3.8, 4) is 5.75 Å². The van der Waals surface area contributed by atoms with Gasteiger partial charge in [-0.25, -0.2) is 0 Å². The van der Waals surface area contributed by atoms with E-state index in [-0.39, 0.29) is 25.1 Å². The molecule has 0 aliphatic heterocycles. The van der Waals surface area contributed by atoms with E-state index in [1.54, 1.807) is 18.9 Å². The Morgan fingerprint density at radius 2 is 1.48 bits per heavy atom. The molecule has 1 fully saturated rings. The number of esters is 1. The molecule has 0 spiro atoms. The molecule has 1 saturated carbocycles. The van der Waals surface area contributed by atoms with Crippen molar-refractivity contribution in [3.63, 3.8) is 0 Å².